The Kier molecular flexibility index (Phi) is 7.92. The third-order valence-corrected chi connectivity index (χ3v) is 12.3. The second kappa shape index (κ2) is 11.7. The number of carbonyl (C=O) groups is 2. The average molecular weight is 648 g/mol. The monoisotopic (exact) mass is 647 g/mol. The molecule has 2 aliphatic heterocycles. The highest BCUT2D eigenvalue weighted by Gasteiger charge is 2.63. The Hall–Kier alpha value is -3.41. The summed E-state index contributed by atoms with van der Waals surface area (Å²) in [6, 6.07) is 11.9. The molecule has 1 N–H and O–H groups in total. The van der Waals surface area contributed by atoms with Gasteiger partial charge >= 0.3 is 10.2 Å². The summed E-state index contributed by atoms with van der Waals surface area (Å²) in [5.74, 6) is 0.748. The first-order chi connectivity index (χ1) is 22.0. The van der Waals surface area contributed by atoms with Crippen molar-refractivity contribution < 1.29 is 22.7 Å². The van der Waals surface area contributed by atoms with E-state index in [9.17, 15) is 18.0 Å². The number of methoxy groups -OCH3 is 1. The zero-order valence-electron chi connectivity index (χ0n) is 27.3. The number of nitrogens with zero attached hydrogens (tertiary/aromatic N) is 4. The number of aromatic nitrogens is 1. The Labute approximate surface area is 271 Å². The standard InChI is InChI=1S/C35H45N5O5S/c1-37(2)46(43,44)36-33(41)24-11-13-27-30(19-24)40-22-35(34(42)39-16-8-15-38(3)17-18-39)21-29(35)28-20-25(45-4)12-14-26(28)32(40)31(27)23-9-6-5-7-10-23/h11-14,19-20,23,29H,5-10,15-18,21-22H2,1-4H3,(H,36,41)/t29-,35-/m0/s1. The molecule has 1 saturated heterocycles. The molecule has 0 spiro atoms. The summed E-state index contributed by atoms with van der Waals surface area (Å²) >= 11 is 0. The van der Waals surface area contributed by atoms with E-state index in [2.05, 4.69) is 38.3 Å². The van der Waals surface area contributed by atoms with E-state index in [0.29, 0.717) is 19.0 Å². The molecule has 246 valence electrons. The maximum atomic E-state index is 14.7. The molecular weight excluding hydrogens is 602 g/mol. The van der Waals surface area contributed by atoms with Crippen LogP contribution in [0, 0.1) is 5.41 Å². The first-order valence-electron chi connectivity index (χ1n) is 16.6. The predicted molar refractivity (Wildman–Crippen MR) is 178 cm³/mol. The van der Waals surface area contributed by atoms with Crippen molar-refractivity contribution in [2.75, 3.05) is 54.4 Å². The molecule has 3 fully saturated rings. The summed E-state index contributed by atoms with van der Waals surface area (Å²) in [5.41, 5.74) is 5.26. The van der Waals surface area contributed by atoms with E-state index in [1.807, 2.05) is 18.2 Å². The third kappa shape index (κ3) is 5.20. The van der Waals surface area contributed by atoms with Crippen molar-refractivity contribution in [2.45, 2.75) is 63.3 Å². The van der Waals surface area contributed by atoms with Crippen molar-refractivity contribution >= 4 is 32.9 Å². The zero-order chi connectivity index (χ0) is 32.4. The van der Waals surface area contributed by atoms with Crippen LogP contribution in [0.4, 0.5) is 0 Å². The van der Waals surface area contributed by atoms with Crippen LogP contribution in [0.2, 0.25) is 0 Å². The van der Waals surface area contributed by atoms with Gasteiger partial charge in [-0.15, -0.1) is 0 Å². The van der Waals surface area contributed by atoms with E-state index in [4.69, 9.17) is 4.74 Å². The molecule has 1 aromatic heterocycles. The van der Waals surface area contributed by atoms with Crippen LogP contribution in [-0.2, 0) is 21.5 Å². The van der Waals surface area contributed by atoms with Gasteiger partial charge in [0, 0.05) is 68.2 Å². The lowest BCUT2D eigenvalue weighted by Crippen LogP contribution is -2.41. The zero-order valence-corrected chi connectivity index (χ0v) is 28.2. The third-order valence-electron chi connectivity index (χ3n) is 10.9. The second-order valence-corrected chi connectivity index (χ2v) is 15.8. The van der Waals surface area contributed by atoms with Gasteiger partial charge in [0.1, 0.15) is 5.75 Å². The number of carbonyl (C=O) groups excluding carboxylic acids is 2. The quantitative estimate of drug-likeness (QED) is 0.421. The second-order valence-electron chi connectivity index (χ2n) is 13.9. The number of nitrogens with one attached hydrogen (secondary N) is 1. The van der Waals surface area contributed by atoms with E-state index in [1.165, 1.54) is 38.9 Å². The van der Waals surface area contributed by atoms with E-state index in [0.717, 1.165) is 83.1 Å². The normalized spacial score (nSPS) is 23.7. The molecule has 46 heavy (non-hydrogen) atoms. The highest BCUT2D eigenvalue weighted by atomic mass is 32.2. The first-order valence-corrected chi connectivity index (χ1v) is 18.0. The van der Waals surface area contributed by atoms with E-state index < -0.39 is 21.5 Å². The van der Waals surface area contributed by atoms with Gasteiger partial charge in [-0.3, -0.25) is 9.59 Å². The molecule has 2 aromatic carbocycles. The van der Waals surface area contributed by atoms with Gasteiger partial charge in [0.25, 0.3) is 5.91 Å². The first kappa shape index (κ1) is 31.2. The van der Waals surface area contributed by atoms with Gasteiger partial charge in [-0.25, -0.2) is 4.72 Å². The Balaban J connectivity index is 1.42. The lowest BCUT2D eigenvalue weighted by atomic mass is 9.81. The largest absolute Gasteiger partial charge is 0.497 e. The fourth-order valence-electron chi connectivity index (χ4n) is 8.25. The molecule has 2 aliphatic carbocycles. The average Bonchev–Trinajstić information content (AvgIpc) is 3.76. The van der Waals surface area contributed by atoms with Crippen LogP contribution in [-0.4, -0.2) is 93.3 Å². The van der Waals surface area contributed by atoms with E-state index in [1.54, 1.807) is 13.2 Å². The Morgan fingerprint density at radius 3 is 2.50 bits per heavy atom. The van der Waals surface area contributed by atoms with Crippen LogP contribution >= 0.6 is 0 Å². The van der Waals surface area contributed by atoms with Crippen molar-refractivity contribution in [3.8, 4) is 17.0 Å². The lowest BCUT2D eigenvalue weighted by Gasteiger charge is -2.27. The number of amides is 2. The highest BCUT2D eigenvalue weighted by molar-refractivity contribution is 7.87. The minimum atomic E-state index is -3.96. The molecule has 2 amide bonds. The van der Waals surface area contributed by atoms with E-state index >= 15 is 0 Å². The topological polar surface area (TPSA) is 104 Å². The van der Waals surface area contributed by atoms with Crippen molar-refractivity contribution in [3.63, 3.8) is 0 Å². The molecule has 3 aromatic rings. The van der Waals surface area contributed by atoms with Crippen molar-refractivity contribution in [1.82, 2.24) is 23.4 Å². The van der Waals surface area contributed by atoms with Crippen molar-refractivity contribution in [2.24, 2.45) is 5.41 Å². The number of hydrogen-bond acceptors (Lipinski definition) is 6. The summed E-state index contributed by atoms with van der Waals surface area (Å²) in [6.45, 7) is 3.81. The molecule has 11 heteroatoms. The SMILES string of the molecule is COc1ccc2c(c1)[C@@H]1C[C@]1(C(=O)N1CCCN(C)CC1)Cn1c-2c(C2CCCCC2)c2ccc(C(=O)NS(=O)(=O)N(C)C)cc21. The number of likely N-dealkylation sites (N-methyl/N-ethyl adjacent to an activating group) is 1. The number of benzene rings is 2. The fraction of sp³-hybridized carbons (Fsp3) is 0.543. The van der Waals surface area contributed by atoms with Gasteiger partial charge in [0.05, 0.1) is 18.2 Å². The predicted octanol–water partition coefficient (Wildman–Crippen LogP) is 4.55. The van der Waals surface area contributed by atoms with Gasteiger partial charge in [-0.05, 0) is 86.7 Å². The Morgan fingerprint density at radius 1 is 0.978 bits per heavy atom. The van der Waals surface area contributed by atoms with Crippen LogP contribution in [0.3, 0.4) is 0 Å². The van der Waals surface area contributed by atoms with Gasteiger partial charge < -0.3 is 19.1 Å². The number of ether oxygens (including phenoxy) is 1. The van der Waals surface area contributed by atoms with E-state index in [-0.39, 0.29) is 17.4 Å². The molecule has 2 saturated carbocycles. The highest BCUT2D eigenvalue weighted by Crippen LogP contribution is 2.66. The van der Waals surface area contributed by atoms with Crippen molar-refractivity contribution in [1.29, 1.82) is 0 Å². The summed E-state index contributed by atoms with van der Waals surface area (Å²) in [4.78, 5) is 32.4. The smallest absolute Gasteiger partial charge is 0.303 e. The summed E-state index contributed by atoms with van der Waals surface area (Å²) < 4.78 is 36.3. The van der Waals surface area contributed by atoms with Crippen molar-refractivity contribution in [3.05, 3.63) is 53.1 Å². The number of hydrogen-bond donors (Lipinski definition) is 1. The summed E-state index contributed by atoms with van der Waals surface area (Å²) in [7, 11) is 2.61. The molecule has 3 heterocycles. The minimum Gasteiger partial charge on any atom is -0.497 e. The van der Waals surface area contributed by atoms with Gasteiger partial charge in [-0.2, -0.15) is 12.7 Å². The Morgan fingerprint density at radius 2 is 1.76 bits per heavy atom. The molecular formula is C35H45N5O5S. The summed E-state index contributed by atoms with van der Waals surface area (Å²) in [5, 5.41) is 1.08. The minimum absolute atomic E-state index is 0.0666. The Bertz CT molecular complexity index is 1810. The van der Waals surface area contributed by atoms with Gasteiger partial charge in [0.2, 0.25) is 5.91 Å². The fourth-order valence-corrected chi connectivity index (χ4v) is 8.79. The summed E-state index contributed by atoms with van der Waals surface area (Å²) in [6.07, 6.45) is 7.47. The van der Waals surface area contributed by atoms with Crippen LogP contribution < -0.4 is 9.46 Å². The maximum Gasteiger partial charge on any atom is 0.303 e. The molecule has 2 atom stereocenters. The maximum absolute atomic E-state index is 14.7. The molecule has 7 rings (SSSR count). The molecule has 10 nitrogen and oxygen atoms in total. The van der Waals surface area contributed by atoms with Gasteiger partial charge in [0.15, 0.2) is 0 Å². The molecule has 0 unspecified atom stereocenters. The number of rotatable bonds is 6. The molecule has 0 bridgehead atoms. The van der Waals surface area contributed by atoms with Crippen LogP contribution in [0.15, 0.2) is 36.4 Å². The molecule has 4 aliphatic rings. The molecule has 0 radical (unpaired) electrons. The van der Waals surface area contributed by atoms with Crippen LogP contribution in [0.5, 0.6) is 5.75 Å². The number of fused-ring (bicyclic) bond motifs is 7. The van der Waals surface area contributed by atoms with Crippen LogP contribution in [0.25, 0.3) is 22.2 Å². The van der Waals surface area contributed by atoms with Crippen LogP contribution in [0.1, 0.15) is 78.3 Å². The lowest BCUT2D eigenvalue weighted by molar-refractivity contribution is -0.137. The van der Waals surface area contributed by atoms with Gasteiger partial charge in [-0.1, -0.05) is 25.3 Å².